The van der Waals surface area contributed by atoms with Crippen molar-refractivity contribution < 1.29 is 37.2 Å². The molecule has 6 aliphatic rings. The van der Waals surface area contributed by atoms with Crippen LogP contribution in [0.3, 0.4) is 0 Å². The highest BCUT2D eigenvalue weighted by Crippen LogP contribution is 2.47. The van der Waals surface area contributed by atoms with E-state index in [1.54, 1.807) is 70.1 Å². The third-order valence-corrected chi connectivity index (χ3v) is 18.0. The van der Waals surface area contributed by atoms with Crippen LogP contribution >= 0.6 is 58.0 Å². The second-order valence-corrected chi connectivity index (χ2v) is 21.6. The molecule has 6 aliphatic heterocycles. The van der Waals surface area contributed by atoms with Crippen LogP contribution in [0, 0.1) is 11.6 Å². The maximum atomic E-state index is 14.9. The molecule has 65 heavy (non-hydrogen) atoms. The Labute approximate surface area is 391 Å². The zero-order valence-electron chi connectivity index (χ0n) is 34.2. The van der Waals surface area contributed by atoms with Crippen molar-refractivity contribution in [3.05, 3.63) is 109 Å². The zero-order chi connectivity index (χ0) is 43.1. The quantitative estimate of drug-likeness (QED) is 0.128. The van der Waals surface area contributed by atoms with Crippen molar-refractivity contribution in [2.24, 2.45) is 0 Å². The number of thioether (sulfide) groups is 3. The fourth-order valence-corrected chi connectivity index (χ4v) is 14.5. The van der Waals surface area contributed by atoms with Crippen molar-refractivity contribution in [1.29, 1.82) is 0 Å². The van der Waals surface area contributed by atoms with Gasteiger partial charge in [-0.1, -0.05) is 12.1 Å². The number of hydrogen-bond donors (Lipinski definition) is 0. The molecular formula is C49H25B3F2O6S5. The van der Waals surface area contributed by atoms with Gasteiger partial charge in [0.25, 0.3) is 20.1 Å². The van der Waals surface area contributed by atoms with Gasteiger partial charge >= 0.3 is 0 Å². The maximum Gasteiger partial charge on any atom is 0.273 e. The average Bonchev–Trinajstić information content (AvgIpc) is 3.86. The molecule has 0 radical (unpaired) electrons. The van der Waals surface area contributed by atoms with E-state index < -0.39 is 0 Å². The van der Waals surface area contributed by atoms with Gasteiger partial charge in [0.15, 0.2) is 0 Å². The van der Waals surface area contributed by atoms with Crippen molar-refractivity contribution in [3.63, 3.8) is 0 Å². The van der Waals surface area contributed by atoms with Gasteiger partial charge in [-0.25, -0.2) is 8.78 Å². The summed E-state index contributed by atoms with van der Waals surface area (Å²) in [7, 11) is 0. The highest BCUT2D eigenvalue weighted by Gasteiger charge is 2.49. The molecule has 16 heteroatoms. The molecule has 0 aliphatic carbocycles. The van der Waals surface area contributed by atoms with Gasteiger partial charge in [-0.2, -0.15) is 0 Å². The van der Waals surface area contributed by atoms with Gasteiger partial charge in [0.2, 0.25) is 0 Å². The second-order valence-electron chi connectivity index (χ2n) is 16.8. The molecule has 310 valence electrons. The summed E-state index contributed by atoms with van der Waals surface area (Å²) in [4.78, 5) is 3.01. The van der Waals surface area contributed by atoms with E-state index in [2.05, 4.69) is 48.5 Å². The smallest absolute Gasteiger partial charge is 0.273 e. The summed E-state index contributed by atoms with van der Waals surface area (Å²) in [5.74, 6) is 7.85. The molecule has 2 aromatic heterocycles. The van der Waals surface area contributed by atoms with Crippen LogP contribution in [0.5, 0.6) is 69.0 Å². The number of fused-ring (bicyclic) bond motifs is 16. The molecule has 15 rings (SSSR count). The summed E-state index contributed by atoms with van der Waals surface area (Å²) < 4.78 is 74.8. The van der Waals surface area contributed by atoms with Crippen molar-refractivity contribution >= 4 is 146 Å². The van der Waals surface area contributed by atoms with E-state index in [0.717, 1.165) is 106 Å². The minimum atomic E-state index is -0.308. The Hall–Kier alpha value is -5.64. The lowest BCUT2D eigenvalue weighted by molar-refractivity contribution is 0.446. The van der Waals surface area contributed by atoms with Crippen molar-refractivity contribution in [2.75, 3.05) is 18.8 Å². The van der Waals surface area contributed by atoms with Crippen molar-refractivity contribution in [2.45, 2.75) is 14.7 Å². The Bertz CT molecular complexity index is 3490. The molecular weight excluding hydrogens is 915 g/mol. The number of rotatable bonds is 3. The molecule has 0 fully saturated rings. The van der Waals surface area contributed by atoms with E-state index in [-0.39, 0.29) is 31.8 Å². The van der Waals surface area contributed by atoms with Crippen LogP contribution in [0.15, 0.2) is 112 Å². The first-order valence-electron chi connectivity index (χ1n) is 20.8. The summed E-state index contributed by atoms with van der Waals surface area (Å²) >= 11 is 8.11. The highest BCUT2D eigenvalue weighted by molar-refractivity contribution is 7.99. The molecule has 9 aromatic rings. The molecule has 0 amide bonds. The maximum absolute atomic E-state index is 14.9. The highest BCUT2D eigenvalue weighted by atomic mass is 32.2. The van der Waals surface area contributed by atoms with Gasteiger partial charge in [0, 0.05) is 72.9 Å². The average molecular weight is 941 g/mol. The molecule has 0 unspecified atom stereocenters. The summed E-state index contributed by atoms with van der Waals surface area (Å²) in [5.41, 5.74) is 6.75. The van der Waals surface area contributed by atoms with Crippen LogP contribution in [0.1, 0.15) is 0 Å². The minimum Gasteiger partial charge on any atom is -0.458 e. The number of hydrogen-bond acceptors (Lipinski definition) is 11. The van der Waals surface area contributed by atoms with Gasteiger partial charge in [-0.3, -0.25) is 0 Å². The van der Waals surface area contributed by atoms with Gasteiger partial charge < -0.3 is 28.4 Å². The minimum absolute atomic E-state index is 0.246. The van der Waals surface area contributed by atoms with Gasteiger partial charge in [-0.15, -0.1) is 58.0 Å². The molecule has 0 atom stereocenters. The van der Waals surface area contributed by atoms with Gasteiger partial charge in [0.05, 0.1) is 0 Å². The summed E-state index contributed by atoms with van der Waals surface area (Å²) in [6, 6.07) is 30.9. The van der Waals surface area contributed by atoms with Crippen LogP contribution in [-0.4, -0.2) is 38.9 Å². The molecule has 0 N–H and O–H groups in total. The third-order valence-electron chi connectivity index (χ3n) is 13.4. The third kappa shape index (κ3) is 5.12. The van der Waals surface area contributed by atoms with E-state index in [1.165, 1.54) is 12.1 Å². The predicted octanol–water partition coefficient (Wildman–Crippen LogP) is 8.74. The van der Waals surface area contributed by atoms with Crippen LogP contribution in [0.2, 0.25) is 0 Å². The molecule has 0 bridgehead atoms. The molecule has 6 nitrogen and oxygen atoms in total. The fourth-order valence-electron chi connectivity index (χ4n) is 10.6. The lowest BCUT2D eigenvalue weighted by atomic mass is 9.31. The van der Waals surface area contributed by atoms with E-state index in [1.807, 2.05) is 43.0 Å². The normalized spacial score (nSPS) is 14.4. The predicted molar refractivity (Wildman–Crippen MR) is 266 cm³/mol. The largest absolute Gasteiger partial charge is 0.458 e. The summed E-state index contributed by atoms with van der Waals surface area (Å²) in [6.07, 6.45) is 6.11. The number of thiophene rings is 2. The first-order valence-corrected chi connectivity index (χ1v) is 26.1. The lowest BCUT2D eigenvalue weighted by Crippen LogP contribution is -2.62. The molecule has 8 heterocycles. The Kier molecular flexibility index (Phi) is 7.66. The van der Waals surface area contributed by atoms with Crippen molar-refractivity contribution in [3.8, 4) is 69.0 Å². The van der Waals surface area contributed by atoms with Crippen LogP contribution in [0.25, 0.3) is 20.2 Å². The Morgan fingerprint density at radius 3 is 1.09 bits per heavy atom. The van der Waals surface area contributed by atoms with E-state index in [9.17, 15) is 8.78 Å². The molecule has 0 saturated carbocycles. The fraction of sp³-hybridized carbons (Fsp3) is 0.0612. The van der Waals surface area contributed by atoms with Crippen LogP contribution in [-0.2, 0) is 0 Å². The number of ether oxygens (including phenoxy) is 6. The van der Waals surface area contributed by atoms with Crippen LogP contribution < -0.4 is 76.2 Å². The van der Waals surface area contributed by atoms with Gasteiger partial charge in [-0.05, 0) is 113 Å². The van der Waals surface area contributed by atoms with Gasteiger partial charge in [0.1, 0.15) is 80.6 Å². The second kappa shape index (κ2) is 13.3. The number of halogens is 2. The summed E-state index contributed by atoms with van der Waals surface area (Å²) in [6.45, 7) is -0.792. The monoisotopic (exact) mass is 940 g/mol. The van der Waals surface area contributed by atoms with Crippen molar-refractivity contribution in [1.82, 2.24) is 0 Å². The first-order chi connectivity index (χ1) is 31.8. The zero-order valence-corrected chi connectivity index (χ0v) is 38.3. The molecule has 7 aromatic carbocycles. The Morgan fingerprint density at radius 2 is 0.723 bits per heavy atom. The Morgan fingerprint density at radius 1 is 0.385 bits per heavy atom. The molecule has 0 saturated heterocycles. The standard InChI is InChI=1S/C49H25B3F2O6S5/c1-61-22-10-35-43-36(11-22)56-32-19-34-30(52-45-38(58-34)13-24(63-3)15-40(45)60-47-26-9-21(54)5-7-42(26)65-49(47)52)17-28(32)50(43)27-16-29-33(18-31(27)55-35)57-37-12-23(62-2)14-39-44(37)51(29)48-46(59-39)25-8-20(53)4-6-41(25)64-48/h4-19H,1-3H3. The Balaban J connectivity index is 0.968. The van der Waals surface area contributed by atoms with Crippen LogP contribution in [0.4, 0.5) is 8.78 Å². The number of benzene rings is 7. The summed E-state index contributed by atoms with van der Waals surface area (Å²) in [5, 5.41) is 1.51. The molecule has 0 spiro atoms. The lowest BCUT2D eigenvalue weighted by Gasteiger charge is -2.37. The SMILES string of the molecule is CSc1cc2c3c(c1)Oc1cc4c(cc1B3c1cc3c(cc1O2)Oc1cc(SC)cc2c1B3c1sc3ccc(F)cc3c1O2)B1c2sc3ccc(F)cc3c2Oc2cc(SC)cc(c21)O4. The first kappa shape index (κ1) is 37.6. The van der Waals surface area contributed by atoms with E-state index in [4.69, 9.17) is 28.4 Å². The van der Waals surface area contributed by atoms with E-state index >= 15 is 0 Å². The topological polar surface area (TPSA) is 55.4 Å². The van der Waals surface area contributed by atoms with E-state index in [0.29, 0.717) is 46.0 Å².